The van der Waals surface area contributed by atoms with Gasteiger partial charge in [0.1, 0.15) is 22.8 Å². The molecule has 0 aliphatic rings. The fraction of sp³-hybridized carbons (Fsp3) is 0.120. The number of hydrogen-bond acceptors (Lipinski definition) is 6. The van der Waals surface area contributed by atoms with Crippen LogP contribution in [0.15, 0.2) is 77.5 Å². The van der Waals surface area contributed by atoms with Crippen LogP contribution in [0.4, 0.5) is 0 Å². The molecule has 0 unspecified atom stereocenters. The standard InChI is InChI=1S/C25H21N3O3/c1-16-21(15-29-26-2)19-9-7-18(14-25(19)30-16)31-24-10-12-28-23-13-17(6-8-20(23)24)22-5-3-4-11-27-22/h3-14,26H,15H2,1-2H3. The molecule has 5 rings (SSSR count). The van der Waals surface area contributed by atoms with E-state index >= 15 is 0 Å². The first-order valence-electron chi connectivity index (χ1n) is 10.0. The Hall–Kier alpha value is -3.74. The maximum Gasteiger partial charge on any atom is 0.138 e. The molecule has 6 nitrogen and oxygen atoms in total. The average Bonchev–Trinajstić information content (AvgIpc) is 3.12. The number of hydroxylamine groups is 1. The molecule has 0 amide bonds. The highest BCUT2D eigenvalue weighted by Crippen LogP contribution is 2.34. The van der Waals surface area contributed by atoms with Crippen LogP contribution < -0.4 is 10.2 Å². The van der Waals surface area contributed by atoms with Crippen molar-refractivity contribution >= 4 is 21.9 Å². The van der Waals surface area contributed by atoms with E-state index in [0.29, 0.717) is 12.4 Å². The van der Waals surface area contributed by atoms with Gasteiger partial charge in [-0.05, 0) is 49.4 Å². The molecule has 3 aromatic heterocycles. The molecule has 1 N–H and O–H groups in total. The predicted octanol–water partition coefficient (Wildman–Crippen LogP) is 5.79. The number of hydrogen-bond donors (Lipinski definition) is 1. The fourth-order valence-electron chi connectivity index (χ4n) is 3.67. The molecule has 5 aromatic rings. The summed E-state index contributed by atoms with van der Waals surface area (Å²) < 4.78 is 12.1. The minimum atomic E-state index is 0.434. The third-order valence-electron chi connectivity index (χ3n) is 5.22. The van der Waals surface area contributed by atoms with Crippen LogP contribution in [0.3, 0.4) is 0 Å². The van der Waals surface area contributed by atoms with Crippen LogP contribution >= 0.6 is 0 Å². The first-order valence-corrected chi connectivity index (χ1v) is 10.0. The molecule has 0 saturated carbocycles. The second kappa shape index (κ2) is 8.18. The van der Waals surface area contributed by atoms with Crippen LogP contribution in [0.25, 0.3) is 33.1 Å². The van der Waals surface area contributed by atoms with Crippen LogP contribution in [0.2, 0.25) is 0 Å². The Morgan fingerprint density at radius 2 is 1.84 bits per heavy atom. The lowest BCUT2D eigenvalue weighted by molar-refractivity contribution is 0.0443. The summed E-state index contributed by atoms with van der Waals surface area (Å²) >= 11 is 0. The average molecular weight is 411 g/mol. The maximum atomic E-state index is 6.22. The van der Waals surface area contributed by atoms with Gasteiger partial charge in [0.2, 0.25) is 0 Å². The summed E-state index contributed by atoms with van der Waals surface area (Å²) in [5.74, 6) is 2.27. The lowest BCUT2D eigenvalue weighted by Gasteiger charge is -2.10. The third kappa shape index (κ3) is 3.74. The number of furan rings is 1. The van der Waals surface area contributed by atoms with E-state index in [0.717, 1.165) is 50.2 Å². The topological polar surface area (TPSA) is 69.4 Å². The van der Waals surface area contributed by atoms with Gasteiger partial charge in [0.05, 0.1) is 17.8 Å². The van der Waals surface area contributed by atoms with E-state index in [1.54, 1.807) is 19.4 Å². The molecule has 31 heavy (non-hydrogen) atoms. The van der Waals surface area contributed by atoms with E-state index in [9.17, 15) is 0 Å². The molecule has 154 valence electrons. The second-order valence-corrected chi connectivity index (χ2v) is 7.15. The Balaban J connectivity index is 1.48. The highest BCUT2D eigenvalue weighted by Gasteiger charge is 2.13. The SMILES string of the molecule is CNOCc1c(C)oc2cc(Oc3ccnc4cc(-c5ccccn5)ccc34)ccc12. The number of aryl methyl sites for hydroxylation is 1. The van der Waals surface area contributed by atoms with Crippen molar-refractivity contribution in [3.05, 3.63) is 84.4 Å². The van der Waals surface area contributed by atoms with Crippen molar-refractivity contribution in [2.75, 3.05) is 7.05 Å². The van der Waals surface area contributed by atoms with Gasteiger partial charge < -0.3 is 9.15 Å². The van der Waals surface area contributed by atoms with Crippen LogP contribution in [-0.2, 0) is 11.4 Å². The van der Waals surface area contributed by atoms with Gasteiger partial charge in [-0.2, -0.15) is 0 Å². The summed E-state index contributed by atoms with van der Waals surface area (Å²) in [5, 5.41) is 1.95. The van der Waals surface area contributed by atoms with Crippen molar-refractivity contribution in [1.82, 2.24) is 15.4 Å². The van der Waals surface area contributed by atoms with E-state index in [1.807, 2.05) is 67.6 Å². The van der Waals surface area contributed by atoms with E-state index in [1.165, 1.54) is 0 Å². The van der Waals surface area contributed by atoms with Crippen molar-refractivity contribution in [1.29, 1.82) is 0 Å². The normalized spacial score (nSPS) is 11.3. The van der Waals surface area contributed by atoms with Gasteiger partial charge in [0.15, 0.2) is 0 Å². The van der Waals surface area contributed by atoms with Crippen molar-refractivity contribution in [3.8, 4) is 22.8 Å². The molecule has 3 heterocycles. The number of rotatable bonds is 6. The number of aromatic nitrogens is 2. The van der Waals surface area contributed by atoms with E-state index in [4.69, 9.17) is 14.0 Å². The maximum absolute atomic E-state index is 6.22. The summed E-state index contributed by atoms with van der Waals surface area (Å²) in [4.78, 5) is 14.3. The zero-order chi connectivity index (χ0) is 21.2. The smallest absolute Gasteiger partial charge is 0.138 e. The highest BCUT2D eigenvalue weighted by atomic mass is 16.6. The molecule has 0 aliphatic carbocycles. The molecular formula is C25H21N3O3. The quantitative estimate of drug-likeness (QED) is 0.356. The van der Waals surface area contributed by atoms with Gasteiger partial charge in [-0.25, -0.2) is 5.48 Å². The Bertz CT molecular complexity index is 1360. The number of nitrogens with zero attached hydrogens (tertiary/aromatic N) is 2. The third-order valence-corrected chi connectivity index (χ3v) is 5.22. The summed E-state index contributed by atoms with van der Waals surface area (Å²) in [7, 11) is 1.74. The summed E-state index contributed by atoms with van der Waals surface area (Å²) in [6.45, 7) is 2.37. The van der Waals surface area contributed by atoms with Gasteiger partial charge in [-0.1, -0.05) is 12.1 Å². The number of nitrogens with one attached hydrogen (secondary N) is 1. The molecule has 0 aliphatic heterocycles. The van der Waals surface area contributed by atoms with Crippen molar-refractivity contribution in [2.45, 2.75) is 13.5 Å². The Morgan fingerprint density at radius 1 is 0.935 bits per heavy atom. The van der Waals surface area contributed by atoms with Crippen LogP contribution in [0.1, 0.15) is 11.3 Å². The van der Waals surface area contributed by atoms with Crippen LogP contribution in [-0.4, -0.2) is 17.0 Å². The molecule has 0 atom stereocenters. The number of pyridine rings is 2. The van der Waals surface area contributed by atoms with Gasteiger partial charge in [0, 0.05) is 47.4 Å². The Kier molecular flexibility index (Phi) is 5.08. The highest BCUT2D eigenvalue weighted by molar-refractivity contribution is 5.89. The van der Waals surface area contributed by atoms with E-state index in [-0.39, 0.29) is 0 Å². The molecule has 0 radical (unpaired) electrons. The lowest BCUT2D eigenvalue weighted by Crippen LogP contribution is -2.06. The lowest BCUT2D eigenvalue weighted by atomic mass is 10.1. The molecule has 0 saturated heterocycles. The minimum absolute atomic E-state index is 0.434. The predicted molar refractivity (Wildman–Crippen MR) is 120 cm³/mol. The van der Waals surface area contributed by atoms with Crippen molar-refractivity contribution in [2.24, 2.45) is 0 Å². The molecule has 0 bridgehead atoms. The Morgan fingerprint density at radius 3 is 2.68 bits per heavy atom. The summed E-state index contributed by atoms with van der Waals surface area (Å²) in [6, 6.07) is 19.6. The zero-order valence-electron chi connectivity index (χ0n) is 17.3. The van der Waals surface area contributed by atoms with E-state index in [2.05, 4.69) is 15.4 Å². The second-order valence-electron chi connectivity index (χ2n) is 7.15. The monoisotopic (exact) mass is 411 g/mol. The minimum Gasteiger partial charge on any atom is -0.461 e. The van der Waals surface area contributed by atoms with Crippen LogP contribution in [0.5, 0.6) is 11.5 Å². The first kappa shape index (κ1) is 19.2. The Labute approximate surface area is 179 Å². The summed E-state index contributed by atoms with van der Waals surface area (Å²) in [5.41, 5.74) is 7.26. The number of benzene rings is 2. The van der Waals surface area contributed by atoms with Gasteiger partial charge in [-0.3, -0.25) is 14.8 Å². The summed E-state index contributed by atoms with van der Waals surface area (Å²) in [6.07, 6.45) is 3.54. The fourth-order valence-corrected chi connectivity index (χ4v) is 3.67. The molecule has 0 fully saturated rings. The van der Waals surface area contributed by atoms with E-state index < -0.39 is 0 Å². The van der Waals surface area contributed by atoms with Crippen molar-refractivity contribution < 1.29 is 14.0 Å². The molecule has 6 heteroatoms. The zero-order valence-corrected chi connectivity index (χ0v) is 17.3. The number of fused-ring (bicyclic) bond motifs is 2. The number of ether oxygens (including phenoxy) is 1. The first-order chi connectivity index (χ1) is 15.2. The van der Waals surface area contributed by atoms with Gasteiger partial charge in [0.25, 0.3) is 0 Å². The largest absolute Gasteiger partial charge is 0.461 e. The molecule has 0 spiro atoms. The van der Waals surface area contributed by atoms with Crippen LogP contribution in [0, 0.1) is 6.92 Å². The molecular weight excluding hydrogens is 390 g/mol. The molecule has 2 aromatic carbocycles. The van der Waals surface area contributed by atoms with Gasteiger partial charge >= 0.3 is 0 Å². The van der Waals surface area contributed by atoms with Gasteiger partial charge in [-0.15, -0.1) is 0 Å². The van der Waals surface area contributed by atoms with Crippen molar-refractivity contribution in [3.63, 3.8) is 0 Å².